The van der Waals surface area contributed by atoms with Gasteiger partial charge in [0.2, 0.25) is 6.79 Å². The molecule has 0 fully saturated rings. The Bertz CT molecular complexity index is 675. The second kappa shape index (κ2) is 5.45. The van der Waals surface area contributed by atoms with Gasteiger partial charge in [-0.2, -0.15) is 0 Å². The van der Waals surface area contributed by atoms with Crippen LogP contribution in [0, 0.1) is 13.8 Å². The van der Waals surface area contributed by atoms with E-state index in [0.717, 1.165) is 28.4 Å². The van der Waals surface area contributed by atoms with Gasteiger partial charge in [-0.1, -0.05) is 6.07 Å². The van der Waals surface area contributed by atoms with Gasteiger partial charge in [0, 0.05) is 12.1 Å². The maximum atomic E-state index is 5.46. The highest BCUT2D eigenvalue weighted by atomic mass is 16.7. The number of ether oxygens (including phenoxy) is 2. The number of nitrogens with zero attached hydrogens (tertiary/aromatic N) is 2. The summed E-state index contributed by atoms with van der Waals surface area (Å²) in [5.74, 6) is 9.04. The molecule has 0 aliphatic carbocycles. The van der Waals surface area contributed by atoms with Gasteiger partial charge in [0.05, 0.1) is 0 Å². The Morgan fingerprint density at radius 3 is 2.71 bits per heavy atom. The highest BCUT2D eigenvalue weighted by Crippen LogP contribution is 2.32. The molecule has 2 heterocycles. The van der Waals surface area contributed by atoms with Crippen molar-refractivity contribution in [2.24, 2.45) is 5.84 Å². The summed E-state index contributed by atoms with van der Waals surface area (Å²) in [7, 11) is 0. The fourth-order valence-corrected chi connectivity index (χ4v) is 2.18. The molecule has 4 N–H and O–H groups in total. The minimum absolute atomic E-state index is 0.280. The van der Waals surface area contributed by atoms with Crippen molar-refractivity contribution in [3.63, 3.8) is 0 Å². The van der Waals surface area contributed by atoms with Crippen molar-refractivity contribution in [1.29, 1.82) is 0 Å². The predicted molar refractivity (Wildman–Crippen MR) is 79.2 cm³/mol. The molecule has 110 valence electrons. The summed E-state index contributed by atoms with van der Waals surface area (Å²) in [4.78, 5) is 8.63. The zero-order valence-corrected chi connectivity index (χ0v) is 11.9. The van der Waals surface area contributed by atoms with Crippen molar-refractivity contribution >= 4 is 11.6 Å². The Balaban J connectivity index is 1.77. The quantitative estimate of drug-likeness (QED) is 0.582. The van der Waals surface area contributed by atoms with Crippen LogP contribution in [-0.4, -0.2) is 16.8 Å². The Kier molecular flexibility index (Phi) is 3.49. The number of aromatic nitrogens is 2. The monoisotopic (exact) mass is 287 g/mol. The number of nitrogen functional groups attached to an aromatic ring is 1. The maximum absolute atomic E-state index is 5.46. The lowest BCUT2D eigenvalue weighted by Crippen LogP contribution is -2.14. The van der Waals surface area contributed by atoms with Crippen LogP contribution in [0.5, 0.6) is 11.5 Å². The summed E-state index contributed by atoms with van der Waals surface area (Å²) in [5.41, 5.74) is 4.54. The van der Waals surface area contributed by atoms with Crippen molar-refractivity contribution in [2.75, 3.05) is 17.5 Å². The number of fused-ring (bicyclic) bond motifs is 1. The number of nitrogens with two attached hydrogens (primary N) is 1. The SMILES string of the molecule is Cc1nc(NN)c(C)c(NCc2ccc3c(c2)OCO3)n1. The van der Waals surface area contributed by atoms with E-state index in [0.29, 0.717) is 18.2 Å². The van der Waals surface area contributed by atoms with Gasteiger partial charge in [0.15, 0.2) is 11.5 Å². The van der Waals surface area contributed by atoms with Crippen LogP contribution in [0.4, 0.5) is 11.6 Å². The first-order valence-electron chi connectivity index (χ1n) is 6.61. The van der Waals surface area contributed by atoms with E-state index in [2.05, 4.69) is 20.7 Å². The molecule has 0 radical (unpaired) electrons. The minimum atomic E-state index is 0.280. The maximum Gasteiger partial charge on any atom is 0.231 e. The molecule has 1 aromatic carbocycles. The summed E-state index contributed by atoms with van der Waals surface area (Å²) in [6.45, 7) is 4.64. The summed E-state index contributed by atoms with van der Waals surface area (Å²) in [5, 5.41) is 3.29. The molecule has 1 aliphatic rings. The topological polar surface area (TPSA) is 94.3 Å². The van der Waals surface area contributed by atoms with E-state index < -0.39 is 0 Å². The van der Waals surface area contributed by atoms with E-state index in [1.54, 1.807) is 0 Å². The molecular weight excluding hydrogens is 270 g/mol. The number of nitrogens with one attached hydrogen (secondary N) is 2. The summed E-state index contributed by atoms with van der Waals surface area (Å²) >= 11 is 0. The molecule has 2 aromatic rings. The Labute approximate surface area is 122 Å². The summed E-state index contributed by atoms with van der Waals surface area (Å²) in [6, 6.07) is 5.86. The molecule has 0 amide bonds. The molecule has 0 atom stereocenters. The van der Waals surface area contributed by atoms with Gasteiger partial charge in [-0.05, 0) is 31.5 Å². The largest absolute Gasteiger partial charge is 0.454 e. The lowest BCUT2D eigenvalue weighted by atomic mass is 10.2. The van der Waals surface area contributed by atoms with Crippen LogP contribution < -0.4 is 26.1 Å². The van der Waals surface area contributed by atoms with Crippen molar-refractivity contribution < 1.29 is 9.47 Å². The smallest absolute Gasteiger partial charge is 0.231 e. The average Bonchev–Trinajstić information content (AvgIpc) is 2.95. The predicted octanol–water partition coefficient (Wildman–Crippen LogP) is 1.72. The number of anilines is 2. The fraction of sp³-hybridized carbons (Fsp3) is 0.286. The number of benzene rings is 1. The van der Waals surface area contributed by atoms with E-state index in [9.17, 15) is 0 Å². The molecule has 0 saturated carbocycles. The first-order chi connectivity index (χ1) is 10.2. The van der Waals surface area contributed by atoms with Crippen LogP contribution in [0.15, 0.2) is 18.2 Å². The molecule has 3 rings (SSSR count). The number of hydrogen-bond donors (Lipinski definition) is 3. The van der Waals surface area contributed by atoms with E-state index in [-0.39, 0.29) is 6.79 Å². The van der Waals surface area contributed by atoms with E-state index in [1.807, 2.05) is 32.0 Å². The van der Waals surface area contributed by atoms with Gasteiger partial charge in [-0.15, -0.1) is 0 Å². The molecule has 21 heavy (non-hydrogen) atoms. The number of hydrogen-bond acceptors (Lipinski definition) is 7. The lowest BCUT2D eigenvalue weighted by Gasteiger charge is -2.12. The van der Waals surface area contributed by atoms with Gasteiger partial charge in [0.1, 0.15) is 17.5 Å². The third kappa shape index (κ3) is 2.68. The van der Waals surface area contributed by atoms with Crippen LogP contribution in [-0.2, 0) is 6.54 Å². The van der Waals surface area contributed by atoms with E-state index in [1.165, 1.54) is 0 Å². The van der Waals surface area contributed by atoms with Crippen LogP contribution in [0.25, 0.3) is 0 Å². The molecule has 1 aliphatic heterocycles. The molecule has 0 spiro atoms. The minimum Gasteiger partial charge on any atom is -0.454 e. The zero-order chi connectivity index (χ0) is 14.8. The second-order valence-corrected chi connectivity index (χ2v) is 4.78. The molecule has 0 saturated heterocycles. The Morgan fingerprint density at radius 2 is 1.90 bits per heavy atom. The third-order valence-corrected chi connectivity index (χ3v) is 3.29. The lowest BCUT2D eigenvalue weighted by molar-refractivity contribution is 0.174. The molecule has 7 heteroatoms. The molecule has 1 aromatic heterocycles. The zero-order valence-electron chi connectivity index (χ0n) is 11.9. The molecule has 0 unspecified atom stereocenters. The Morgan fingerprint density at radius 1 is 1.14 bits per heavy atom. The molecule has 7 nitrogen and oxygen atoms in total. The summed E-state index contributed by atoms with van der Waals surface area (Å²) in [6.07, 6.45) is 0. The Hall–Kier alpha value is -2.54. The van der Waals surface area contributed by atoms with Crippen LogP contribution in [0.2, 0.25) is 0 Å². The van der Waals surface area contributed by atoms with Gasteiger partial charge in [0.25, 0.3) is 0 Å². The third-order valence-electron chi connectivity index (χ3n) is 3.29. The van der Waals surface area contributed by atoms with Crippen LogP contribution in [0.3, 0.4) is 0 Å². The number of hydrazine groups is 1. The summed E-state index contributed by atoms with van der Waals surface area (Å²) < 4.78 is 10.7. The highest BCUT2D eigenvalue weighted by molar-refractivity contribution is 5.57. The highest BCUT2D eigenvalue weighted by Gasteiger charge is 2.13. The van der Waals surface area contributed by atoms with Gasteiger partial charge in [-0.25, -0.2) is 15.8 Å². The molecule has 0 bridgehead atoms. The molecular formula is C14H17N5O2. The normalized spacial score (nSPS) is 12.3. The van der Waals surface area contributed by atoms with E-state index >= 15 is 0 Å². The first-order valence-corrected chi connectivity index (χ1v) is 6.61. The van der Waals surface area contributed by atoms with Crippen molar-refractivity contribution in [2.45, 2.75) is 20.4 Å². The van der Waals surface area contributed by atoms with Crippen molar-refractivity contribution in [1.82, 2.24) is 9.97 Å². The number of aryl methyl sites for hydroxylation is 1. The van der Waals surface area contributed by atoms with Crippen molar-refractivity contribution in [3.8, 4) is 11.5 Å². The van der Waals surface area contributed by atoms with E-state index in [4.69, 9.17) is 15.3 Å². The van der Waals surface area contributed by atoms with Crippen LogP contribution >= 0.6 is 0 Å². The van der Waals surface area contributed by atoms with Gasteiger partial charge in [-0.3, -0.25) is 0 Å². The van der Waals surface area contributed by atoms with Crippen molar-refractivity contribution in [3.05, 3.63) is 35.2 Å². The average molecular weight is 287 g/mol. The standard InChI is InChI=1S/C14H17N5O2/c1-8-13(17-9(2)18-14(8)19-15)16-6-10-3-4-11-12(5-10)21-7-20-11/h3-5H,6-7,15H2,1-2H3,(H2,16,17,18,19). The fourth-order valence-electron chi connectivity index (χ4n) is 2.18. The van der Waals surface area contributed by atoms with Gasteiger partial charge >= 0.3 is 0 Å². The van der Waals surface area contributed by atoms with Gasteiger partial charge < -0.3 is 20.2 Å². The second-order valence-electron chi connectivity index (χ2n) is 4.78. The van der Waals surface area contributed by atoms with Crippen LogP contribution in [0.1, 0.15) is 17.0 Å². The number of rotatable bonds is 4. The first kappa shape index (κ1) is 13.4.